The zero-order chi connectivity index (χ0) is 20.2. The summed E-state index contributed by atoms with van der Waals surface area (Å²) in [6.07, 6.45) is 0. The maximum Gasteiger partial charge on any atom is 0.315 e. The molecule has 0 unspecified atom stereocenters. The Hall–Kier alpha value is -2.90. The summed E-state index contributed by atoms with van der Waals surface area (Å²) in [6, 6.07) is 15.2. The SMILES string of the molecule is CCOCCn1c(=NC(=O)c2cc3ccccc3o2)sc2cc(OCC)ccc21. The van der Waals surface area contributed by atoms with Crippen molar-refractivity contribution >= 4 is 38.4 Å². The summed E-state index contributed by atoms with van der Waals surface area (Å²) in [5.74, 6) is 0.631. The Labute approximate surface area is 172 Å². The summed E-state index contributed by atoms with van der Waals surface area (Å²) >= 11 is 1.45. The van der Waals surface area contributed by atoms with Gasteiger partial charge >= 0.3 is 5.91 Å². The molecule has 0 bridgehead atoms. The third-order valence-corrected chi connectivity index (χ3v) is 5.50. The Balaban J connectivity index is 1.76. The van der Waals surface area contributed by atoms with Crippen molar-refractivity contribution in [3.63, 3.8) is 0 Å². The normalized spacial score (nSPS) is 12.1. The van der Waals surface area contributed by atoms with E-state index in [2.05, 4.69) is 4.99 Å². The second-order valence-electron chi connectivity index (χ2n) is 6.36. The molecule has 0 aliphatic rings. The summed E-state index contributed by atoms with van der Waals surface area (Å²) in [5, 5.41) is 0.882. The van der Waals surface area contributed by atoms with Gasteiger partial charge in [-0.15, -0.1) is 0 Å². The van der Waals surface area contributed by atoms with Crippen molar-refractivity contribution in [1.29, 1.82) is 0 Å². The molecule has 7 heteroatoms. The second kappa shape index (κ2) is 8.63. The maximum atomic E-state index is 12.8. The van der Waals surface area contributed by atoms with Crippen molar-refractivity contribution in [2.45, 2.75) is 20.4 Å². The molecule has 0 aliphatic heterocycles. The van der Waals surface area contributed by atoms with Crippen LogP contribution < -0.4 is 9.54 Å². The van der Waals surface area contributed by atoms with Crippen LogP contribution in [0.4, 0.5) is 0 Å². The number of thiazole rings is 1. The number of amides is 1. The molecule has 0 radical (unpaired) electrons. The standard InChI is InChI=1S/C22H22N2O4S/c1-3-26-12-11-24-17-10-9-16(27-4-2)14-20(17)29-22(24)23-21(25)19-13-15-7-5-6-8-18(15)28-19/h5-10,13-14H,3-4,11-12H2,1-2H3. The molecule has 0 saturated heterocycles. The van der Waals surface area contributed by atoms with Gasteiger partial charge in [0.05, 0.1) is 23.4 Å². The van der Waals surface area contributed by atoms with Crippen molar-refractivity contribution in [2.24, 2.45) is 4.99 Å². The number of fused-ring (bicyclic) bond motifs is 2. The van der Waals surface area contributed by atoms with E-state index < -0.39 is 5.91 Å². The average molecular weight is 410 g/mol. The van der Waals surface area contributed by atoms with Gasteiger partial charge in [0.2, 0.25) is 0 Å². The topological polar surface area (TPSA) is 66.0 Å². The minimum atomic E-state index is -0.400. The van der Waals surface area contributed by atoms with E-state index >= 15 is 0 Å². The van der Waals surface area contributed by atoms with Crippen molar-refractivity contribution in [2.75, 3.05) is 19.8 Å². The van der Waals surface area contributed by atoms with E-state index in [1.54, 1.807) is 6.07 Å². The molecule has 0 atom stereocenters. The monoisotopic (exact) mass is 410 g/mol. The van der Waals surface area contributed by atoms with Crippen LogP contribution in [0.25, 0.3) is 21.2 Å². The first-order chi connectivity index (χ1) is 14.2. The molecule has 0 saturated carbocycles. The molecule has 4 aromatic rings. The van der Waals surface area contributed by atoms with Gasteiger partial charge in [0.25, 0.3) is 0 Å². The van der Waals surface area contributed by atoms with Crippen LogP contribution in [0, 0.1) is 0 Å². The van der Waals surface area contributed by atoms with Gasteiger partial charge in [-0.2, -0.15) is 4.99 Å². The number of furan rings is 1. The fraction of sp³-hybridized carbons (Fsp3) is 0.273. The lowest BCUT2D eigenvalue weighted by atomic mass is 10.2. The molecule has 2 aromatic heterocycles. The molecule has 0 fully saturated rings. The number of carbonyl (C=O) groups excluding carboxylic acids is 1. The fourth-order valence-electron chi connectivity index (χ4n) is 3.14. The molecule has 4 rings (SSSR count). The van der Waals surface area contributed by atoms with Gasteiger partial charge in [-0.05, 0) is 44.2 Å². The Morgan fingerprint density at radius 2 is 2.00 bits per heavy atom. The highest BCUT2D eigenvalue weighted by atomic mass is 32.1. The van der Waals surface area contributed by atoms with E-state index in [0.29, 0.717) is 36.7 Å². The fourth-order valence-corrected chi connectivity index (χ4v) is 4.22. The Bertz CT molecular complexity index is 1190. The van der Waals surface area contributed by atoms with E-state index in [9.17, 15) is 4.79 Å². The predicted octanol–water partition coefficient (Wildman–Crippen LogP) is 4.63. The number of para-hydroxylation sites is 1. The van der Waals surface area contributed by atoms with Gasteiger partial charge in [0.1, 0.15) is 11.3 Å². The van der Waals surface area contributed by atoms with Crippen LogP contribution in [0.15, 0.2) is 57.9 Å². The van der Waals surface area contributed by atoms with Crippen molar-refractivity contribution in [1.82, 2.24) is 4.57 Å². The quantitative estimate of drug-likeness (QED) is 0.417. The Kier molecular flexibility index (Phi) is 5.78. The molecule has 150 valence electrons. The lowest BCUT2D eigenvalue weighted by Crippen LogP contribution is -2.19. The largest absolute Gasteiger partial charge is 0.494 e. The molecular formula is C22H22N2O4S. The highest BCUT2D eigenvalue weighted by Gasteiger charge is 2.14. The Morgan fingerprint density at radius 1 is 1.14 bits per heavy atom. The van der Waals surface area contributed by atoms with Gasteiger partial charge in [-0.25, -0.2) is 0 Å². The van der Waals surface area contributed by atoms with E-state index in [1.807, 2.05) is 60.9 Å². The molecule has 2 aromatic carbocycles. The van der Waals surface area contributed by atoms with E-state index in [4.69, 9.17) is 13.9 Å². The van der Waals surface area contributed by atoms with Crippen molar-refractivity contribution < 1.29 is 18.7 Å². The third-order valence-electron chi connectivity index (χ3n) is 4.46. The van der Waals surface area contributed by atoms with Crippen LogP contribution in [-0.2, 0) is 11.3 Å². The predicted molar refractivity (Wildman–Crippen MR) is 114 cm³/mol. The third kappa shape index (κ3) is 4.11. The summed E-state index contributed by atoms with van der Waals surface area (Å²) < 4.78 is 19.8. The first-order valence-corrected chi connectivity index (χ1v) is 10.4. The summed E-state index contributed by atoms with van der Waals surface area (Å²) in [5.41, 5.74) is 1.67. The summed E-state index contributed by atoms with van der Waals surface area (Å²) in [6.45, 7) is 6.30. The molecule has 0 N–H and O–H groups in total. The maximum absolute atomic E-state index is 12.8. The Morgan fingerprint density at radius 3 is 2.79 bits per heavy atom. The minimum absolute atomic E-state index is 0.231. The number of nitrogens with zero attached hydrogens (tertiary/aromatic N) is 2. The van der Waals surface area contributed by atoms with E-state index in [-0.39, 0.29) is 5.76 Å². The van der Waals surface area contributed by atoms with Crippen molar-refractivity contribution in [3.05, 3.63) is 59.1 Å². The van der Waals surface area contributed by atoms with Crippen LogP contribution in [0.1, 0.15) is 24.4 Å². The molecule has 1 amide bonds. The number of rotatable bonds is 7. The number of carbonyl (C=O) groups is 1. The van der Waals surface area contributed by atoms with Crippen LogP contribution in [0.5, 0.6) is 5.75 Å². The first kappa shape index (κ1) is 19.4. The molecule has 6 nitrogen and oxygen atoms in total. The van der Waals surface area contributed by atoms with E-state index in [1.165, 1.54) is 11.3 Å². The number of hydrogen-bond donors (Lipinski definition) is 0. The first-order valence-electron chi connectivity index (χ1n) is 9.61. The molecule has 0 aliphatic carbocycles. The van der Waals surface area contributed by atoms with Crippen LogP contribution in [0.2, 0.25) is 0 Å². The van der Waals surface area contributed by atoms with Gasteiger partial charge < -0.3 is 18.5 Å². The number of benzene rings is 2. The number of hydrogen-bond acceptors (Lipinski definition) is 5. The van der Waals surface area contributed by atoms with Crippen LogP contribution in [-0.4, -0.2) is 30.3 Å². The highest BCUT2D eigenvalue weighted by molar-refractivity contribution is 7.16. The molecule has 29 heavy (non-hydrogen) atoms. The molecule has 2 heterocycles. The van der Waals surface area contributed by atoms with Crippen LogP contribution in [0.3, 0.4) is 0 Å². The number of ether oxygens (including phenoxy) is 2. The lowest BCUT2D eigenvalue weighted by molar-refractivity contribution is 0.0972. The zero-order valence-electron chi connectivity index (χ0n) is 16.4. The average Bonchev–Trinajstić information content (AvgIpc) is 3.30. The zero-order valence-corrected chi connectivity index (χ0v) is 17.2. The van der Waals surface area contributed by atoms with Gasteiger partial charge in [0.15, 0.2) is 10.6 Å². The number of aromatic nitrogens is 1. The van der Waals surface area contributed by atoms with Crippen molar-refractivity contribution in [3.8, 4) is 5.75 Å². The van der Waals surface area contributed by atoms with E-state index in [0.717, 1.165) is 21.4 Å². The van der Waals surface area contributed by atoms with Gasteiger partial charge in [0, 0.05) is 18.5 Å². The molecular weight excluding hydrogens is 388 g/mol. The minimum Gasteiger partial charge on any atom is -0.494 e. The lowest BCUT2D eigenvalue weighted by Gasteiger charge is -2.06. The van der Waals surface area contributed by atoms with Gasteiger partial charge in [-0.3, -0.25) is 4.79 Å². The van der Waals surface area contributed by atoms with Crippen LogP contribution >= 0.6 is 11.3 Å². The second-order valence-corrected chi connectivity index (χ2v) is 7.37. The van der Waals surface area contributed by atoms with Gasteiger partial charge in [-0.1, -0.05) is 29.5 Å². The smallest absolute Gasteiger partial charge is 0.315 e. The summed E-state index contributed by atoms with van der Waals surface area (Å²) in [7, 11) is 0. The summed E-state index contributed by atoms with van der Waals surface area (Å²) in [4.78, 5) is 17.8. The highest BCUT2D eigenvalue weighted by Crippen LogP contribution is 2.24. The molecule has 0 spiro atoms.